The molecule has 0 aromatic heterocycles. The molecule has 1 aromatic rings. The standard InChI is InChI=1S/C18H25NO2S/c1-14-4-2-3-5-16(14)17-6-9-19(10-13-22-17)18(20)15-7-11-21-12-8-15/h2-5,15,17H,6-13H2,1H3. The van der Waals surface area contributed by atoms with Gasteiger partial charge in [0, 0.05) is 43.2 Å². The Balaban J connectivity index is 1.62. The van der Waals surface area contributed by atoms with E-state index in [1.54, 1.807) is 0 Å². The van der Waals surface area contributed by atoms with Gasteiger partial charge in [0.05, 0.1) is 0 Å². The maximum absolute atomic E-state index is 12.7. The summed E-state index contributed by atoms with van der Waals surface area (Å²) in [5.41, 5.74) is 2.80. The van der Waals surface area contributed by atoms with Gasteiger partial charge in [0.25, 0.3) is 0 Å². The van der Waals surface area contributed by atoms with Gasteiger partial charge in [0.15, 0.2) is 0 Å². The zero-order valence-corrected chi connectivity index (χ0v) is 14.1. The summed E-state index contributed by atoms with van der Waals surface area (Å²) < 4.78 is 5.38. The van der Waals surface area contributed by atoms with Crippen LogP contribution in [0.25, 0.3) is 0 Å². The maximum atomic E-state index is 12.7. The molecular formula is C18H25NO2S. The molecule has 4 heteroatoms. The molecule has 2 saturated heterocycles. The smallest absolute Gasteiger partial charge is 0.225 e. The molecule has 1 unspecified atom stereocenters. The second-order valence-corrected chi connectivity index (χ2v) is 7.53. The van der Waals surface area contributed by atoms with Crippen molar-refractivity contribution < 1.29 is 9.53 Å². The van der Waals surface area contributed by atoms with Gasteiger partial charge in [-0.1, -0.05) is 24.3 Å². The van der Waals surface area contributed by atoms with Crippen LogP contribution in [0, 0.1) is 12.8 Å². The average Bonchev–Trinajstić information content (AvgIpc) is 2.81. The van der Waals surface area contributed by atoms with Crippen molar-refractivity contribution in [2.75, 3.05) is 32.1 Å². The Morgan fingerprint density at radius 3 is 2.73 bits per heavy atom. The fourth-order valence-corrected chi connectivity index (χ4v) is 4.72. The summed E-state index contributed by atoms with van der Waals surface area (Å²) in [5.74, 6) is 1.58. The Kier molecular flexibility index (Phi) is 5.42. The highest BCUT2D eigenvalue weighted by atomic mass is 32.2. The molecule has 1 aromatic carbocycles. The Bertz CT molecular complexity index is 514. The first kappa shape index (κ1) is 15.9. The Morgan fingerprint density at radius 2 is 1.95 bits per heavy atom. The number of thioether (sulfide) groups is 1. The first-order valence-corrected chi connectivity index (χ1v) is 9.34. The number of benzene rings is 1. The first-order valence-electron chi connectivity index (χ1n) is 8.29. The predicted molar refractivity (Wildman–Crippen MR) is 91.1 cm³/mol. The molecule has 0 N–H and O–H groups in total. The lowest BCUT2D eigenvalue weighted by atomic mass is 9.98. The number of rotatable bonds is 2. The molecule has 0 spiro atoms. The molecule has 0 aliphatic carbocycles. The summed E-state index contributed by atoms with van der Waals surface area (Å²) in [7, 11) is 0. The van der Waals surface area contributed by atoms with Crippen LogP contribution in [0.3, 0.4) is 0 Å². The Morgan fingerprint density at radius 1 is 1.18 bits per heavy atom. The van der Waals surface area contributed by atoms with Gasteiger partial charge in [-0.2, -0.15) is 11.8 Å². The van der Waals surface area contributed by atoms with Crippen LogP contribution < -0.4 is 0 Å². The summed E-state index contributed by atoms with van der Waals surface area (Å²) in [6.45, 7) is 5.45. The quantitative estimate of drug-likeness (QED) is 0.836. The number of carbonyl (C=O) groups excluding carboxylic acids is 1. The van der Waals surface area contributed by atoms with E-state index < -0.39 is 0 Å². The highest BCUT2D eigenvalue weighted by Gasteiger charge is 2.28. The highest BCUT2D eigenvalue weighted by molar-refractivity contribution is 7.99. The van der Waals surface area contributed by atoms with Crippen molar-refractivity contribution in [3.8, 4) is 0 Å². The number of ether oxygens (including phenoxy) is 1. The lowest BCUT2D eigenvalue weighted by molar-refractivity contribution is -0.138. The maximum Gasteiger partial charge on any atom is 0.225 e. The molecule has 120 valence electrons. The van der Waals surface area contributed by atoms with E-state index in [0.29, 0.717) is 11.2 Å². The van der Waals surface area contributed by atoms with Gasteiger partial charge >= 0.3 is 0 Å². The van der Waals surface area contributed by atoms with E-state index in [4.69, 9.17) is 4.74 Å². The van der Waals surface area contributed by atoms with Crippen molar-refractivity contribution in [3.05, 3.63) is 35.4 Å². The second-order valence-electron chi connectivity index (χ2n) is 6.22. The van der Waals surface area contributed by atoms with Gasteiger partial charge in [-0.25, -0.2) is 0 Å². The van der Waals surface area contributed by atoms with E-state index in [2.05, 4.69) is 36.1 Å². The van der Waals surface area contributed by atoms with Crippen LogP contribution in [-0.4, -0.2) is 42.9 Å². The van der Waals surface area contributed by atoms with E-state index in [9.17, 15) is 4.79 Å². The first-order chi connectivity index (χ1) is 10.8. The zero-order chi connectivity index (χ0) is 15.4. The molecular weight excluding hydrogens is 294 g/mol. The number of hydrogen-bond donors (Lipinski definition) is 0. The minimum Gasteiger partial charge on any atom is -0.381 e. The van der Waals surface area contributed by atoms with Crippen molar-refractivity contribution >= 4 is 17.7 Å². The van der Waals surface area contributed by atoms with Crippen molar-refractivity contribution in [1.82, 2.24) is 4.90 Å². The summed E-state index contributed by atoms with van der Waals surface area (Å²) >= 11 is 2.00. The van der Waals surface area contributed by atoms with E-state index in [0.717, 1.165) is 51.3 Å². The van der Waals surface area contributed by atoms with E-state index >= 15 is 0 Å². The number of hydrogen-bond acceptors (Lipinski definition) is 3. The Labute approximate surface area is 137 Å². The minimum absolute atomic E-state index is 0.189. The molecule has 2 aliphatic rings. The van der Waals surface area contributed by atoms with Crippen LogP contribution in [0.2, 0.25) is 0 Å². The third-order valence-electron chi connectivity index (χ3n) is 4.76. The van der Waals surface area contributed by atoms with E-state index in [1.807, 2.05) is 11.8 Å². The number of nitrogens with zero attached hydrogens (tertiary/aromatic N) is 1. The van der Waals surface area contributed by atoms with E-state index in [1.165, 1.54) is 11.1 Å². The fraction of sp³-hybridized carbons (Fsp3) is 0.611. The summed E-state index contributed by atoms with van der Waals surface area (Å²) in [5, 5.41) is 0.522. The van der Waals surface area contributed by atoms with Crippen molar-refractivity contribution in [1.29, 1.82) is 0 Å². The summed E-state index contributed by atoms with van der Waals surface area (Å²) in [4.78, 5) is 14.8. The average molecular weight is 319 g/mol. The minimum atomic E-state index is 0.189. The number of carbonyl (C=O) groups is 1. The molecule has 0 bridgehead atoms. The highest BCUT2D eigenvalue weighted by Crippen LogP contribution is 2.36. The van der Waals surface area contributed by atoms with E-state index in [-0.39, 0.29) is 5.92 Å². The van der Waals surface area contributed by atoms with Gasteiger partial charge in [0.2, 0.25) is 5.91 Å². The van der Waals surface area contributed by atoms with Crippen molar-refractivity contribution in [2.45, 2.75) is 31.4 Å². The molecule has 3 rings (SSSR count). The molecule has 22 heavy (non-hydrogen) atoms. The SMILES string of the molecule is Cc1ccccc1C1CCN(C(=O)C2CCOCC2)CCS1. The van der Waals surface area contributed by atoms with Gasteiger partial charge < -0.3 is 9.64 Å². The Hall–Kier alpha value is -1.000. The lowest BCUT2D eigenvalue weighted by Crippen LogP contribution is -2.39. The molecule has 0 saturated carbocycles. The monoisotopic (exact) mass is 319 g/mol. The second kappa shape index (κ2) is 7.51. The molecule has 3 nitrogen and oxygen atoms in total. The zero-order valence-electron chi connectivity index (χ0n) is 13.3. The molecule has 1 atom stereocenters. The van der Waals surface area contributed by atoms with Gasteiger partial charge in [-0.15, -0.1) is 0 Å². The molecule has 2 aliphatic heterocycles. The van der Waals surface area contributed by atoms with Gasteiger partial charge in [-0.05, 0) is 37.3 Å². The van der Waals surface area contributed by atoms with Crippen LogP contribution in [0.5, 0.6) is 0 Å². The fourth-order valence-electron chi connectivity index (χ4n) is 3.39. The van der Waals surface area contributed by atoms with Gasteiger partial charge in [0.1, 0.15) is 0 Å². The van der Waals surface area contributed by atoms with Crippen LogP contribution in [-0.2, 0) is 9.53 Å². The summed E-state index contributed by atoms with van der Waals surface area (Å²) in [6, 6.07) is 8.65. The molecule has 0 radical (unpaired) electrons. The van der Waals surface area contributed by atoms with Crippen molar-refractivity contribution in [2.24, 2.45) is 5.92 Å². The largest absolute Gasteiger partial charge is 0.381 e. The molecule has 2 heterocycles. The number of aryl methyl sites for hydroxylation is 1. The van der Waals surface area contributed by atoms with Gasteiger partial charge in [-0.3, -0.25) is 4.79 Å². The third-order valence-corrected chi connectivity index (χ3v) is 6.07. The topological polar surface area (TPSA) is 29.5 Å². The van der Waals surface area contributed by atoms with Crippen LogP contribution in [0.15, 0.2) is 24.3 Å². The summed E-state index contributed by atoms with van der Waals surface area (Å²) in [6.07, 6.45) is 2.85. The predicted octanol–water partition coefficient (Wildman–Crippen LogP) is 3.43. The normalized spacial score (nSPS) is 24.0. The number of amides is 1. The van der Waals surface area contributed by atoms with Crippen molar-refractivity contribution in [3.63, 3.8) is 0 Å². The third kappa shape index (κ3) is 3.66. The van der Waals surface area contributed by atoms with Crippen LogP contribution >= 0.6 is 11.8 Å². The lowest BCUT2D eigenvalue weighted by Gasteiger charge is -2.28. The molecule has 2 fully saturated rings. The van der Waals surface area contributed by atoms with Crippen LogP contribution in [0.1, 0.15) is 35.6 Å². The molecule has 1 amide bonds. The van der Waals surface area contributed by atoms with Crippen LogP contribution in [0.4, 0.5) is 0 Å².